The summed E-state index contributed by atoms with van der Waals surface area (Å²) < 4.78 is 5.45. The molecule has 1 aromatic heterocycles. The molecule has 27 heavy (non-hydrogen) atoms. The standard InChI is InChI=1S/C21H20ClN3O2/c1-13(2)14-6-5-7-16(10-14)25-12-15(11-19(25)26)21-23-20(24-27-21)17-8-3-4-9-18(17)22/h3-10,13,15H,11-12H2,1-2H3. The van der Waals surface area contributed by atoms with Crippen molar-refractivity contribution >= 4 is 23.2 Å². The van der Waals surface area contributed by atoms with Crippen LogP contribution in [0, 0.1) is 0 Å². The molecule has 6 heteroatoms. The Morgan fingerprint density at radius 3 is 2.78 bits per heavy atom. The van der Waals surface area contributed by atoms with E-state index in [-0.39, 0.29) is 11.8 Å². The first kappa shape index (κ1) is 17.7. The second kappa shape index (κ2) is 7.16. The summed E-state index contributed by atoms with van der Waals surface area (Å²) in [4.78, 5) is 18.9. The second-order valence-electron chi connectivity index (χ2n) is 7.09. The maximum Gasteiger partial charge on any atom is 0.232 e. The van der Waals surface area contributed by atoms with E-state index in [4.69, 9.17) is 16.1 Å². The number of aromatic nitrogens is 2. The van der Waals surface area contributed by atoms with Gasteiger partial charge in [-0.1, -0.05) is 54.9 Å². The van der Waals surface area contributed by atoms with Crippen LogP contribution in [0.4, 0.5) is 5.69 Å². The molecule has 1 saturated heterocycles. The number of hydrogen-bond acceptors (Lipinski definition) is 4. The lowest BCUT2D eigenvalue weighted by Crippen LogP contribution is -2.24. The van der Waals surface area contributed by atoms with E-state index >= 15 is 0 Å². The van der Waals surface area contributed by atoms with Crippen LogP contribution < -0.4 is 4.90 Å². The lowest BCUT2D eigenvalue weighted by molar-refractivity contribution is -0.117. The number of rotatable bonds is 4. The zero-order valence-corrected chi connectivity index (χ0v) is 16.0. The zero-order valence-electron chi connectivity index (χ0n) is 15.2. The summed E-state index contributed by atoms with van der Waals surface area (Å²) in [6.07, 6.45) is 0.357. The highest BCUT2D eigenvalue weighted by Crippen LogP contribution is 2.34. The summed E-state index contributed by atoms with van der Waals surface area (Å²) >= 11 is 6.21. The van der Waals surface area contributed by atoms with E-state index in [1.807, 2.05) is 30.3 Å². The Bertz CT molecular complexity index is 983. The van der Waals surface area contributed by atoms with E-state index < -0.39 is 0 Å². The van der Waals surface area contributed by atoms with Crippen molar-refractivity contribution in [2.75, 3.05) is 11.4 Å². The third-order valence-corrected chi connectivity index (χ3v) is 5.21. The normalized spacial score (nSPS) is 17.1. The molecule has 5 nitrogen and oxygen atoms in total. The van der Waals surface area contributed by atoms with Gasteiger partial charge >= 0.3 is 0 Å². The molecule has 138 valence electrons. The number of carbonyl (C=O) groups is 1. The lowest BCUT2D eigenvalue weighted by Gasteiger charge is -2.18. The van der Waals surface area contributed by atoms with Crippen LogP contribution in [-0.4, -0.2) is 22.6 Å². The molecule has 1 atom stereocenters. The van der Waals surface area contributed by atoms with Crippen molar-refractivity contribution in [2.24, 2.45) is 0 Å². The monoisotopic (exact) mass is 381 g/mol. The Hall–Kier alpha value is -2.66. The predicted octanol–water partition coefficient (Wildman–Crippen LogP) is 5.03. The Morgan fingerprint density at radius 2 is 2.00 bits per heavy atom. The van der Waals surface area contributed by atoms with Gasteiger partial charge in [0.2, 0.25) is 17.6 Å². The fourth-order valence-corrected chi connectivity index (χ4v) is 3.55. The van der Waals surface area contributed by atoms with Gasteiger partial charge in [0.1, 0.15) is 0 Å². The molecule has 1 fully saturated rings. The molecule has 4 rings (SSSR count). The van der Waals surface area contributed by atoms with Gasteiger partial charge in [-0.05, 0) is 35.7 Å². The molecule has 0 N–H and O–H groups in total. The second-order valence-corrected chi connectivity index (χ2v) is 7.50. The molecule has 0 bridgehead atoms. The van der Waals surface area contributed by atoms with Gasteiger partial charge in [-0.3, -0.25) is 4.79 Å². The molecule has 0 saturated carbocycles. The largest absolute Gasteiger partial charge is 0.339 e. The van der Waals surface area contributed by atoms with Crippen LogP contribution in [0.5, 0.6) is 0 Å². The van der Waals surface area contributed by atoms with E-state index in [0.717, 1.165) is 11.3 Å². The van der Waals surface area contributed by atoms with Crippen LogP contribution >= 0.6 is 11.6 Å². The van der Waals surface area contributed by atoms with Gasteiger partial charge in [-0.15, -0.1) is 0 Å². The van der Waals surface area contributed by atoms with Crippen LogP contribution in [0.25, 0.3) is 11.4 Å². The van der Waals surface area contributed by atoms with Crippen LogP contribution in [0.3, 0.4) is 0 Å². The number of carbonyl (C=O) groups excluding carboxylic acids is 1. The molecular weight excluding hydrogens is 362 g/mol. The number of hydrogen-bond donors (Lipinski definition) is 0. The number of benzene rings is 2. The maximum atomic E-state index is 12.6. The molecule has 1 unspecified atom stereocenters. The highest BCUT2D eigenvalue weighted by Gasteiger charge is 2.35. The first-order valence-electron chi connectivity index (χ1n) is 9.01. The Labute approximate surface area is 163 Å². The minimum absolute atomic E-state index is 0.0680. The number of anilines is 1. The van der Waals surface area contributed by atoms with Crippen molar-refractivity contribution in [3.05, 3.63) is 65.0 Å². The minimum Gasteiger partial charge on any atom is -0.339 e. The summed E-state index contributed by atoms with van der Waals surface area (Å²) in [6.45, 7) is 4.81. The van der Waals surface area contributed by atoms with Gasteiger partial charge in [-0.25, -0.2) is 0 Å². The fraction of sp³-hybridized carbons (Fsp3) is 0.286. The minimum atomic E-state index is -0.121. The summed E-state index contributed by atoms with van der Waals surface area (Å²) in [5.41, 5.74) is 2.85. The van der Waals surface area contributed by atoms with E-state index in [9.17, 15) is 4.79 Å². The van der Waals surface area contributed by atoms with E-state index in [1.165, 1.54) is 5.56 Å². The van der Waals surface area contributed by atoms with Gasteiger partial charge in [-0.2, -0.15) is 4.98 Å². The molecule has 2 heterocycles. The smallest absolute Gasteiger partial charge is 0.232 e. The van der Waals surface area contributed by atoms with Crippen molar-refractivity contribution in [3.63, 3.8) is 0 Å². The average molecular weight is 382 g/mol. The molecule has 0 aliphatic carbocycles. The van der Waals surface area contributed by atoms with Gasteiger partial charge < -0.3 is 9.42 Å². The number of amides is 1. The maximum absolute atomic E-state index is 12.6. The molecule has 1 amide bonds. The summed E-state index contributed by atoms with van der Waals surface area (Å²) in [5, 5.41) is 4.62. The topological polar surface area (TPSA) is 59.2 Å². The molecule has 1 aliphatic heterocycles. The van der Waals surface area contributed by atoms with Crippen LogP contribution in [0.15, 0.2) is 53.1 Å². The van der Waals surface area contributed by atoms with Crippen LogP contribution in [0.1, 0.15) is 43.6 Å². The molecule has 0 radical (unpaired) electrons. The third-order valence-electron chi connectivity index (χ3n) is 4.88. The zero-order chi connectivity index (χ0) is 19.0. The van der Waals surface area contributed by atoms with E-state index in [2.05, 4.69) is 36.1 Å². The highest BCUT2D eigenvalue weighted by atomic mass is 35.5. The van der Waals surface area contributed by atoms with Gasteiger partial charge in [0.15, 0.2) is 0 Å². The molecular formula is C21H20ClN3O2. The average Bonchev–Trinajstić information content (AvgIpc) is 3.29. The van der Waals surface area contributed by atoms with Crippen molar-refractivity contribution in [1.82, 2.24) is 10.1 Å². The molecule has 3 aromatic rings. The van der Waals surface area contributed by atoms with Crippen molar-refractivity contribution in [3.8, 4) is 11.4 Å². The van der Waals surface area contributed by atoms with Gasteiger partial charge in [0.25, 0.3) is 0 Å². The first-order chi connectivity index (χ1) is 13.0. The van der Waals surface area contributed by atoms with Crippen molar-refractivity contribution < 1.29 is 9.32 Å². The van der Waals surface area contributed by atoms with Crippen molar-refractivity contribution in [1.29, 1.82) is 0 Å². The highest BCUT2D eigenvalue weighted by molar-refractivity contribution is 6.33. The Balaban J connectivity index is 1.57. The van der Waals surface area contributed by atoms with Crippen LogP contribution in [0.2, 0.25) is 5.02 Å². The SMILES string of the molecule is CC(C)c1cccc(N2CC(c3nc(-c4ccccc4Cl)no3)CC2=O)c1. The summed E-state index contributed by atoms with van der Waals surface area (Å²) in [5.74, 6) is 1.28. The lowest BCUT2D eigenvalue weighted by atomic mass is 10.0. The number of nitrogens with zero attached hydrogens (tertiary/aromatic N) is 3. The predicted molar refractivity (Wildman–Crippen MR) is 105 cm³/mol. The van der Waals surface area contributed by atoms with Crippen molar-refractivity contribution in [2.45, 2.75) is 32.1 Å². The first-order valence-corrected chi connectivity index (χ1v) is 9.39. The quantitative estimate of drug-likeness (QED) is 0.635. The number of halogens is 1. The van der Waals surface area contributed by atoms with Gasteiger partial charge in [0, 0.05) is 24.2 Å². The van der Waals surface area contributed by atoms with Gasteiger partial charge in [0.05, 0.1) is 10.9 Å². The Kier molecular flexibility index (Phi) is 4.70. The third kappa shape index (κ3) is 3.47. The summed E-state index contributed by atoms with van der Waals surface area (Å²) in [7, 11) is 0. The van der Waals surface area contributed by atoms with Crippen LogP contribution in [-0.2, 0) is 4.79 Å². The van der Waals surface area contributed by atoms with E-state index in [0.29, 0.717) is 35.6 Å². The summed E-state index contributed by atoms with van der Waals surface area (Å²) in [6, 6.07) is 15.5. The fourth-order valence-electron chi connectivity index (χ4n) is 3.33. The Morgan fingerprint density at radius 1 is 1.19 bits per heavy atom. The molecule has 1 aliphatic rings. The molecule has 0 spiro atoms. The molecule has 2 aromatic carbocycles. The van der Waals surface area contributed by atoms with E-state index in [1.54, 1.807) is 11.0 Å².